The summed E-state index contributed by atoms with van der Waals surface area (Å²) in [5.74, 6) is -1.03. The second-order valence-electron chi connectivity index (χ2n) is 7.05. The van der Waals surface area contributed by atoms with Crippen LogP contribution in [-0.2, 0) is 17.5 Å². The van der Waals surface area contributed by atoms with Crippen LogP contribution in [0.3, 0.4) is 0 Å². The van der Waals surface area contributed by atoms with Crippen LogP contribution in [0.5, 0.6) is 0 Å². The van der Waals surface area contributed by atoms with Gasteiger partial charge >= 0.3 is 12.1 Å². The summed E-state index contributed by atoms with van der Waals surface area (Å²) in [4.78, 5) is 28.1. The zero-order valence-corrected chi connectivity index (χ0v) is 18.1. The van der Waals surface area contributed by atoms with Crippen molar-refractivity contribution in [3.8, 4) is 11.4 Å². The van der Waals surface area contributed by atoms with Crippen molar-refractivity contribution >= 4 is 40.1 Å². The van der Waals surface area contributed by atoms with Gasteiger partial charge in [-0.3, -0.25) is 0 Å². The third-order valence-electron chi connectivity index (χ3n) is 4.68. The lowest BCUT2D eigenvalue weighted by Gasteiger charge is -2.13. The molecule has 0 aliphatic carbocycles. The molecule has 0 aliphatic rings. The number of nitrogens with zero attached hydrogens (tertiary/aromatic N) is 4. The first-order valence-electron chi connectivity index (χ1n) is 9.66. The average Bonchev–Trinajstić information content (AvgIpc) is 2.79. The summed E-state index contributed by atoms with van der Waals surface area (Å²) >= 11 is 6.21. The molecule has 0 unspecified atom stereocenters. The summed E-state index contributed by atoms with van der Waals surface area (Å²) in [5, 5.41) is 13.0. The van der Waals surface area contributed by atoms with Crippen molar-refractivity contribution in [2.45, 2.75) is 12.8 Å². The highest BCUT2D eigenvalue weighted by atomic mass is 35.5. The molecule has 4 rings (SSSR count). The number of carboxylic acid groups (broad SMARTS) is 1. The number of hydrogen-bond donors (Lipinski definition) is 2. The predicted octanol–water partition coefficient (Wildman–Crippen LogP) is 5.35. The number of carbonyl (C=O) groups is 1. The second kappa shape index (κ2) is 9.20. The van der Waals surface area contributed by atoms with Crippen molar-refractivity contribution in [3.05, 3.63) is 70.6 Å². The third-order valence-corrected chi connectivity index (χ3v) is 4.98. The molecule has 174 valence electrons. The number of fused-ring (bicyclic) bond motifs is 1. The number of hydrogen-bond acceptors (Lipinski definition) is 7. The molecule has 34 heavy (non-hydrogen) atoms. The molecule has 0 saturated heterocycles. The number of carboxylic acids is 1. The molecule has 4 heterocycles. The Bertz CT molecular complexity index is 1380. The molecule has 4 aromatic heterocycles. The van der Waals surface area contributed by atoms with Crippen molar-refractivity contribution in [1.29, 1.82) is 0 Å². The number of pyridine rings is 4. The zero-order chi connectivity index (χ0) is 24.5. The Balaban J connectivity index is 1.78. The summed E-state index contributed by atoms with van der Waals surface area (Å²) in [5.41, 5.74) is 0.645. The normalized spacial score (nSPS) is 11.6. The van der Waals surface area contributed by atoms with E-state index < -0.39 is 17.7 Å². The quantitative estimate of drug-likeness (QED) is 0.373. The van der Waals surface area contributed by atoms with Gasteiger partial charge in [0.25, 0.3) is 0 Å². The molecule has 0 fully saturated rings. The number of halogens is 4. The largest absolute Gasteiger partial charge is 0.477 e. The van der Waals surface area contributed by atoms with Gasteiger partial charge in [0, 0.05) is 18.7 Å². The minimum Gasteiger partial charge on any atom is -0.477 e. The van der Waals surface area contributed by atoms with Crippen LogP contribution in [0.2, 0.25) is 5.02 Å². The molecule has 4 aromatic rings. The van der Waals surface area contributed by atoms with E-state index in [1.165, 1.54) is 25.3 Å². The number of rotatable bonds is 6. The van der Waals surface area contributed by atoms with Gasteiger partial charge in [0.1, 0.15) is 17.2 Å². The maximum atomic E-state index is 12.8. The molecule has 12 heteroatoms. The van der Waals surface area contributed by atoms with E-state index in [1.54, 1.807) is 18.2 Å². The Labute approximate surface area is 195 Å². The van der Waals surface area contributed by atoms with Crippen LogP contribution in [0.15, 0.2) is 48.7 Å². The summed E-state index contributed by atoms with van der Waals surface area (Å²) in [7, 11) is 1.49. The highest BCUT2D eigenvalue weighted by Crippen LogP contribution is 2.32. The lowest BCUT2D eigenvalue weighted by molar-refractivity contribution is -0.137. The summed E-state index contributed by atoms with van der Waals surface area (Å²) in [6.07, 6.45) is -3.75. The van der Waals surface area contributed by atoms with E-state index in [4.69, 9.17) is 16.3 Å². The monoisotopic (exact) mass is 489 g/mol. The standard InChI is InChI=1S/C22H15ClF3N5O3/c1-34-10-12-8-17(29-18-7-2-11(9-27-18)22(24,25)26)13-3-5-15(31-20(13)28-12)19-14(23)4-6-16(30-19)21(32)33/h2-9H,10H2,1H3,(H,32,33)(H,27,28,29,31). The molecule has 0 saturated carbocycles. The van der Waals surface area contributed by atoms with E-state index in [9.17, 15) is 23.1 Å². The van der Waals surface area contributed by atoms with E-state index in [0.717, 1.165) is 12.3 Å². The molecular weight excluding hydrogens is 475 g/mol. The number of nitrogens with one attached hydrogen (secondary N) is 1. The molecule has 8 nitrogen and oxygen atoms in total. The van der Waals surface area contributed by atoms with Crippen LogP contribution in [0.1, 0.15) is 21.7 Å². The van der Waals surface area contributed by atoms with Gasteiger partial charge < -0.3 is 15.2 Å². The van der Waals surface area contributed by atoms with Gasteiger partial charge in [-0.25, -0.2) is 24.7 Å². The zero-order valence-electron chi connectivity index (χ0n) is 17.4. The van der Waals surface area contributed by atoms with Gasteiger partial charge in [-0.05, 0) is 42.5 Å². The Morgan fingerprint density at radius 2 is 1.91 bits per heavy atom. The highest BCUT2D eigenvalue weighted by Gasteiger charge is 2.30. The minimum absolute atomic E-state index is 0.143. The van der Waals surface area contributed by atoms with Crippen molar-refractivity contribution in [2.75, 3.05) is 12.4 Å². The number of alkyl halides is 3. The lowest BCUT2D eigenvalue weighted by Crippen LogP contribution is -2.06. The van der Waals surface area contributed by atoms with Crippen molar-refractivity contribution < 1.29 is 27.8 Å². The Kier molecular flexibility index (Phi) is 6.31. The average molecular weight is 490 g/mol. The number of anilines is 2. The van der Waals surface area contributed by atoms with Gasteiger partial charge in [-0.15, -0.1) is 0 Å². The molecule has 0 atom stereocenters. The number of ether oxygens (including phenoxy) is 1. The fourth-order valence-electron chi connectivity index (χ4n) is 3.13. The van der Waals surface area contributed by atoms with Gasteiger partial charge in [-0.1, -0.05) is 11.6 Å². The fourth-order valence-corrected chi connectivity index (χ4v) is 3.33. The fraction of sp³-hybridized carbons (Fsp3) is 0.136. The topological polar surface area (TPSA) is 110 Å². The Morgan fingerprint density at radius 1 is 1.12 bits per heavy atom. The first-order chi connectivity index (χ1) is 16.2. The maximum absolute atomic E-state index is 12.8. The van der Waals surface area contributed by atoms with E-state index in [0.29, 0.717) is 22.5 Å². The van der Waals surface area contributed by atoms with Crippen molar-refractivity contribution in [2.24, 2.45) is 0 Å². The first-order valence-corrected chi connectivity index (χ1v) is 10.0. The second-order valence-corrected chi connectivity index (χ2v) is 7.46. The number of aromatic carboxylic acids is 1. The molecule has 0 radical (unpaired) electrons. The maximum Gasteiger partial charge on any atom is 0.417 e. The number of methoxy groups -OCH3 is 1. The Morgan fingerprint density at radius 3 is 2.56 bits per heavy atom. The molecule has 0 spiro atoms. The van der Waals surface area contributed by atoms with Crippen molar-refractivity contribution in [3.63, 3.8) is 0 Å². The van der Waals surface area contributed by atoms with E-state index in [-0.39, 0.29) is 34.5 Å². The molecule has 0 aliphatic heterocycles. The van der Waals surface area contributed by atoms with Crippen LogP contribution in [0, 0.1) is 0 Å². The van der Waals surface area contributed by atoms with E-state index in [2.05, 4.69) is 25.3 Å². The van der Waals surface area contributed by atoms with Crippen molar-refractivity contribution in [1.82, 2.24) is 19.9 Å². The van der Waals surface area contributed by atoms with Crippen LogP contribution in [0.25, 0.3) is 22.4 Å². The van der Waals surface area contributed by atoms with E-state index >= 15 is 0 Å². The molecule has 0 bridgehead atoms. The predicted molar refractivity (Wildman–Crippen MR) is 118 cm³/mol. The van der Waals surface area contributed by atoms with Crippen LogP contribution < -0.4 is 5.32 Å². The molecular formula is C22H15ClF3N5O3. The summed E-state index contributed by atoms with van der Waals surface area (Å²) in [6.45, 7) is 0.143. The number of aromatic nitrogens is 4. The van der Waals surface area contributed by atoms with Gasteiger partial charge in [0.15, 0.2) is 5.65 Å². The van der Waals surface area contributed by atoms with Crippen LogP contribution in [0.4, 0.5) is 24.7 Å². The lowest BCUT2D eigenvalue weighted by atomic mass is 10.1. The van der Waals surface area contributed by atoms with Gasteiger partial charge in [-0.2, -0.15) is 13.2 Å². The first kappa shape index (κ1) is 23.3. The third kappa shape index (κ3) is 4.90. The molecule has 2 N–H and O–H groups in total. The molecule has 0 aromatic carbocycles. The van der Waals surface area contributed by atoms with Crippen LogP contribution in [-0.4, -0.2) is 38.1 Å². The summed E-state index contributed by atoms with van der Waals surface area (Å²) < 4.78 is 43.6. The SMILES string of the molecule is COCc1cc(Nc2ccc(C(F)(F)F)cn2)c2ccc(-c3nc(C(=O)O)ccc3Cl)nc2n1. The van der Waals surface area contributed by atoms with Crippen LogP contribution >= 0.6 is 11.6 Å². The highest BCUT2D eigenvalue weighted by molar-refractivity contribution is 6.33. The van der Waals surface area contributed by atoms with Gasteiger partial charge in [0.05, 0.1) is 34.3 Å². The van der Waals surface area contributed by atoms with E-state index in [1.807, 2.05) is 0 Å². The smallest absolute Gasteiger partial charge is 0.417 e. The minimum atomic E-state index is -4.49. The summed E-state index contributed by atoms with van der Waals surface area (Å²) in [6, 6.07) is 9.76. The van der Waals surface area contributed by atoms with Gasteiger partial charge in [0.2, 0.25) is 0 Å². The molecule has 0 amide bonds. The Hall–Kier alpha value is -3.83.